The lowest BCUT2D eigenvalue weighted by atomic mass is 9.80. The predicted octanol–water partition coefficient (Wildman–Crippen LogP) is 3.14. The molecule has 1 spiro atoms. The maximum Gasteiger partial charge on any atom is 0.325 e. The van der Waals surface area contributed by atoms with Crippen molar-refractivity contribution in [2.45, 2.75) is 57.4 Å². The number of fused-ring (bicyclic) bond motifs is 2. The van der Waals surface area contributed by atoms with Gasteiger partial charge in [0.2, 0.25) is 5.91 Å². The molecule has 0 bridgehead atoms. The minimum absolute atomic E-state index is 0.187. The van der Waals surface area contributed by atoms with Gasteiger partial charge in [-0.25, -0.2) is 4.79 Å². The van der Waals surface area contributed by atoms with E-state index in [4.69, 9.17) is 0 Å². The molecule has 6 nitrogen and oxygen atoms in total. The highest BCUT2D eigenvalue weighted by atomic mass is 32.1. The van der Waals surface area contributed by atoms with Gasteiger partial charge in [0.05, 0.1) is 0 Å². The van der Waals surface area contributed by atoms with Gasteiger partial charge in [-0.2, -0.15) is 0 Å². The Bertz CT molecular complexity index is 815. The fraction of sp³-hybridized carbons (Fsp3) is 0.550. The summed E-state index contributed by atoms with van der Waals surface area (Å²) in [5.74, 6) is -0.471. The second kappa shape index (κ2) is 7.11. The maximum absolute atomic E-state index is 13.2. The van der Waals surface area contributed by atoms with Gasteiger partial charge >= 0.3 is 6.03 Å². The van der Waals surface area contributed by atoms with E-state index in [0.717, 1.165) is 59.6 Å². The first kappa shape index (κ1) is 18.2. The first-order valence-corrected chi connectivity index (χ1v) is 10.6. The largest absolute Gasteiger partial charge is 0.325 e. The molecule has 2 aliphatic carbocycles. The minimum atomic E-state index is -0.980. The van der Waals surface area contributed by atoms with E-state index in [1.54, 1.807) is 16.2 Å². The Kier molecular flexibility index (Phi) is 4.80. The van der Waals surface area contributed by atoms with Crippen LogP contribution in [0.5, 0.6) is 0 Å². The average Bonchev–Trinajstić information content (AvgIpc) is 3.24. The van der Waals surface area contributed by atoms with Crippen molar-refractivity contribution in [2.75, 3.05) is 13.1 Å². The molecule has 1 saturated heterocycles. The summed E-state index contributed by atoms with van der Waals surface area (Å²) in [4.78, 5) is 42.8. The molecule has 0 unspecified atom stereocenters. The van der Waals surface area contributed by atoms with E-state index in [2.05, 4.69) is 11.4 Å². The Labute approximate surface area is 163 Å². The van der Waals surface area contributed by atoms with Crippen molar-refractivity contribution in [1.29, 1.82) is 0 Å². The van der Waals surface area contributed by atoms with Gasteiger partial charge in [-0.15, -0.1) is 11.3 Å². The summed E-state index contributed by atoms with van der Waals surface area (Å²) < 4.78 is 0. The van der Waals surface area contributed by atoms with E-state index in [-0.39, 0.29) is 18.4 Å². The molecule has 1 atom stereocenters. The molecule has 2 heterocycles. The van der Waals surface area contributed by atoms with Crippen molar-refractivity contribution >= 4 is 29.2 Å². The van der Waals surface area contributed by atoms with Gasteiger partial charge in [-0.1, -0.05) is 6.08 Å². The number of hydrogen-bond donors (Lipinski definition) is 1. The molecule has 1 N–H and O–H groups in total. The summed E-state index contributed by atoms with van der Waals surface area (Å²) in [6, 6.07) is 1.48. The molecule has 4 amide bonds. The van der Waals surface area contributed by atoms with Crippen molar-refractivity contribution in [1.82, 2.24) is 15.1 Å². The van der Waals surface area contributed by atoms with Gasteiger partial charge in [0.1, 0.15) is 12.1 Å². The number of amides is 4. The van der Waals surface area contributed by atoms with Gasteiger partial charge in [0, 0.05) is 22.7 Å². The SMILES string of the molecule is CCN(C(=O)CN1C(=O)N[C@]2(CCCc3sccc32)C1=O)C1=CCCCC1. The summed E-state index contributed by atoms with van der Waals surface area (Å²) in [6.07, 6.45) is 8.57. The molecular weight excluding hydrogens is 362 g/mol. The monoisotopic (exact) mass is 387 g/mol. The smallest absolute Gasteiger partial charge is 0.319 e. The molecule has 3 aliphatic rings. The van der Waals surface area contributed by atoms with E-state index in [9.17, 15) is 14.4 Å². The van der Waals surface area contributed by atoms with Crippen LogP contribution in [0, 0.1) is 0 Å². The predicted molar refractivity (Wildman–Crippen MR) is 103 cm³/mol. The van der Waals surface area contributed by atoms with Crippen LogP contribution in [0.25, 0.3) is 0 Å². The summed E-state index contributed by atoms with van der Waals surface area (Å²) in [5.41, 5.74) is 0.953. The van der Waals surface area contributed by atoms with Crippen LogP contribution in [-0.2, 0) is 21.5 Å². The van der Waals surface area contributed by atoms with E-state index in [0.29, 0.717) is 13.0 Å². The molecule has 27 heavy (non-hydrogen) atoms. The van der Waals surface area contributed by atoms with Gasteiger partial charge in [0.15, 0.2) is 0 Å². The van der Waals surface area contributed by atoms with Crippen LogP contribution < -0.4 is 5.32 Å². The van der Waals surface area contributed by atoms with Crippen LogP contribution >= 0.6 is 11.3 Å². The van der Waals surface area contributed by atoms with E-state index in [1.807, 2.05) is 18.4 Å². The summed E-state index contributed by atoms with van der Waals surface area (Å²) >= 11 is 1.63. The molecule has 7 heteroatoms. The molecular formula is C20H25N3O3S. The number of imide groups is 1. The molecule has 1 aromatic heterocycles. The lowest BCUT2D eigenvalue weighted by molar-refractivity contribution is -0.138. The standard InChI is InChI=1S/C20H25N3O3S/c1-2-22(14-7-4-3-5-8-14)17(24)13-23-18(25)20(21-19(23)26)11-6-9-16-15(20)10-12-27-16/h7,10,12H,2-6,8-9,11,13H2,1H3,(H,21,26)/t20-/m0/s1. The Hall–Kier alpha value is -2.15. The second-order valence-electron chi connectivity index (χ2n) is 7.42. The first-order chi connectivity index (χ1) is 13.1. The molecule has 144 valence electrons. The van der Waals surface area contributed by atoms with Crippen molar-refractivity contribution in [3.05, 3.63) is 33.7 Å². The molecule has 1 fully saturated rings. The fourth-order valence-electron chi connectivity index (χ4n) is 4.51. The van der Waals surface area contributed by atoms with Crippen molar-refractivity contribution < 1.29 is 14.4 Å². The third kappa shape index (κ3) is 2.98. The Morgan fingerprint density at radius 1 is 1.30 bits per heavy atom. The van der Waals surface area contributed by atoms with Gasteiger partial charge in [0.25, 0.3) is 5.91 Å². The number of carbonyl (C=O) groups is 3. The van der Waals surface area contributed by atoms with Crippen LogP contribution in [0.1, 0.15) is 55.9 Å². The van der Waals surface area contributed by atoms with Crippen LogP contribution in [-0.4, -0.2) is 40.7 Å². The number of urea groups is 1. The lowest BCUT2D eigenvalue weighted by Gasteiger charge is -2.31. The number of allylic oxidation sites excluding steroid dienone is 2. The van der Waals surface area contributed by atoms with E-state index >= 15 is 0 Å². The number of hydrogen-bond acceptors (Lipinski definition) is 4. The maximum atomic E-state index is 13.2. The van der Waals surface area contributed by atoms with E-state index < -0.39 is 11.6 Å². The third-order valence-corrected chi connectivity index (χ3v) is 6.84. The molecule has 0 saturated carbocycles. The highest BCUT2D eigenvalue weighted by Gasteiger charge is 2.54. The Morgan fingerprint density at radius 3 is 2.89 bits per heavy atom. The summed E-state index contributed by atoms with van der Waals surface area (Å²) in [7, 11) is 0. The lowest BCUT2D eigenvalue weighted by Crippen LogP contribution is -2.47. The zero-order valence-electron chi connectivity index (χ0n) is 15.6. The molecule has 1 aliphatic heterocycles. The second-order valence-corrected chi connectivity index (χ2v) is 8.42. The van der Waals surface area contributed by atoms with Gasteiger partial charge in [-0.05, 0) is 63.3 Å². The quantitative estimate of drug-likeness (QED) is 0.807. The van der Waals surface area contributed by atoms with Gasteiger partial charge < -0.3 is 10.2 Å². The average molecular weight is 388 g/mol. The fourth-order valence-corrected chi connectivity index (χ4v) is 5.51. The number of aryl methyl sites for hydroxylation is 1. The number of rotatable bonds is 4. The van der Waals surface area contributed by atoms with Crippen LogP contribution in [0.4, 0.5) is 4.79 Å². The topological polar surface area (TPSA) is 69.7 Å². The number of thiophene rings is 1. The summed E-state index contributed by atoms with van der Waals surface area (Å²) in [6.45, 7) is 2.28. The normalized spacial score (nSPS) is 24.6. The highest BCUT2D eigenvalue weighted by Crippen LogP contribution is 2.42. The van der Waals surface area contributed by atoms with Crippen molar-refractivity contribution in [3.8, 4) is 0 Å². The number of carbonyl (C=O) groups excluding carboxylic acids is 3. The Balaban J connectivity index is 1.55. The molecule has 0 radical (unpaired) electrons. The Morgan fingerprint density at radius 2 is 2.15 bits per heavy atom. The van der Waals surface area contributed by atoms with Gasteiger partial charge in [-0.3, -0.25) is 14.5 Å². The third-order valence-electron chi connectivity index (χ3n) is 5.86. The van der Waals surface area contributed by atoms with Crippen molar-refractivity contribution in [3.63, 3.8) is 0 Å². The number of likely N-dealkylation sites (N-methyl/N-ethyl adjacent to an activating group) is 1. The van der Waals surface area contributed by atoms with Crippen molar-refractivity contribution in [2.24, 2.45) is 0 Å². The summed E-state index contributed by atoms with van der Waals surface area (Å²) in [5, 5.41) is 4.88. The van der Waals surface area contributed by atoms with Crippen LogP contribution in [0.2, 0.25) is 0 Å². The zero-order chi connectivity index (χ0) is 19.0. The van der Waals surface area contributed by atoms with Crippen LogP contribution in [0.3, 0.4) is 0 Å². The molecule has 0 aromatic carbocycles. The highest BCUT2D eigenvalue weighted by molar-refractivity contribution is 7.10. The number of nitrogens with zero attached hydrogens (tertiary/aromatic N) is 2. The molecule has 4 rings (SSSR count). The minimum Gasteiger partial charge on any atom is -0.319 e. The van der Waals surface area contributed by atoms with Crippen LogP contribution in [0.15, 0.2) is 23.2 Å². The first-order valence-electron chi connectivity index (χ1n) is 9.77. The number of nitrogens with one attached hydrogen (secondary N) is 1. The molecule has 1 aromatic rings. The van der Waals surface area contributed by atoms with E-state index in [1.165, 1.54) is 0 Å². The zero-order valence-corrected chi connectivity index (χ0v) is 16.4.